The Morgan fingerprint density at radius 1 is 1.29 bits per heavy atom. The van der Waals surface area contributed by atoms with Crippen molar-refractivity contribution >= 4 is 23.2 Å². The summed E-state index contributed by atoms with van der Waals surface area (Å²) < 4.78 is 1.64. The summed E-state index contributed by atoms with van der Waals surface area (Å²) in [5.41, 5.74) is 2.35. The lowest BCUT2D eigenvalue weighted by atomic mass is 10.2. The van der Waals surface area contributed by atoms with Crippen LogP contribution in [0.15, 0.2) is 24.3 Å². The number of benzene rings is 1. The van der Waals surface area contributed by atoms with Crippen molar-refractivity contribution in [3.05, 3.63) is 51.3 Å². The molecule has 0 spiro atoms. The molecule has 1 N–H and O–H groups in total. The van der Waals surface area contributed by atoms with Crippen molar-refractivity contribution in [3.8, 4) is 0 Å². The lowest BCUT2D eigenvalue weighted by molar-refractivity contribution is 0.281. The maximum atomic E-state index is 9.17. The highest BCUT2D eigenvalue weighted by Crippen LogP contribution is 2.23. The zero-order valence-corrected chi connectivity index (χ0v) is 10.8. The molecule has 0 aliphatic heterocycles. The minimum atomic E-state index is -0.104. The SMILES string of the molecule is Cc1nn(Cc2ccccc2Cl)c(Cl)c1CO. The molecular formula is C12H12Cl2N2O. The molecule has 90 valence electrons. The number of aryl methyl sites for hydroxylation is 1. The van der Waals surface area contributed by atoms with Crippen molar-refractivity contribution in [2.24, 2.45) is 0 Å². The summed E-state index contributed by atoms with van der Waals surface area (Å²) in [5.74, 6) is 0. The molecule has 0 unspecified atom stereocenters. The van der Waals surface area contributed by atoms with Gasteiger partial charge in [-0.15, -0.1) is 0 Å². The van der Waals surface area contributed by atoms with Crippen molar-refractivity contribution in [2.75, 3.05) is 0 Å². The first-order chi connectivity index (χ1) is 8.13. The third-order valence-corrected chi connectivity index (χ3v) is 3.41. The fraction of sp³-hybridized carbons (Fsp3) is 0.250. The van der Waals surface area contributed by atoms with Crippen LogP contribution in [0.3, 0.4) is 0 Å². The second kappa shape index (κ2) is 5.08. The monoisotopic (exact) mass is 270 g/mol. The quantitative estimate of drug-likeness (QED) is 0.931. The fourth-order valence-electron chi connectivity index (χ4n) is 1.66. The van der Waals surface area contributed by atoms with Crippen LogP contribution in [0.5, 0.6) is 0 Å². The molecule has 5 heteroatoms. The van der Waals surface area contributed by atoms with Crippen LogP contribution in [0.1, 0.15) is 16.8 Å². The van der Waals surface area contributed by atoms with Crippen molar-refractivity contribution in [1.29, 1.82) is 0 Å². The lowest BCUT2D eigenvalue weighted by Gasteiger charge is -2.05. The molecule has 0 bridgehead atoms. The zero-order chi connectivity index (χ0) is 12.4. The van der Waals surface area contributed by atoms with Gasteiger partial charge in [0, 0.05) is 10.6 Å². The van der Waals surface area contributed by atoms with Crippen LogP contribution in [0.25, 0.3) is 0 Å². The predicted molar refractivity (Wildman–Crippen MR) is 68.5 cm³/mol. The van der Waals surface area contributed by atoms with Crippen LogP contribution in [0.2, 0.25) is 10.2 Å². The van der Waals surface area contributed by atoms with E-state index in [-0.39, 0.29) is 6.61 Å². The summed E-state index contributed by atoms with van der Waals surface area (Å²) in [6.07, 6.45) is 0. The van der Waals surface area contributed by atoms with Gasteiger partial charge in [0.05, 0.1) is 18.8 Å². The average Bonchev–Trinajstić information content (AvgIpc) is 2.57. The molecule has 2 rings (SSSR count). The molecule has 17 heavy (non-hydrogen) atoms. The normalized spacial score (nSPS) is 10.8. The Hall–Kier alpha value is -1.03. The van der Waals surface area contributed by atoms with Gasteiger partial charge >= 0.3 is 0 Å². The summed E-state index contributed by atoms with van der Waals surface area (Å²) in [6.45, 7) is 2.22. The minimum absolute atomic E-state index is 0.104. The number of aliphatic hydroxyl groups excluding tert-OH is 1. The molecule has 1 aromatic heterocycles. The fourth-order valence-corrected chi connectivity index (χ4v) is 2.15. The van der Waals surface area contributed by atoms with Gasteiger partial charge in [0.2, 0.25) is 0 Å². The van der Waals surface area contributed by atoms with Gasteiger partial charge in [-0.25, -0.2) is 4.68 Å². The van der Waals surface area contributed by atoms with Gasteiger partial charge in [-0.05, 0) is 18.6 Å². The largest absolute Gasteiger partial charge is 0.391 e. The zero-order valence-electron chi connectivity index (χ0n) is 9.32. The van der Waals surface area contributed by atoms with Gasteiger partial charge in [-0.1, -0.05) is 41.4 Å². The summed E-state index contributed by atoms with van der Waals surface area (Å²) in [6, 6.07) is 7.54. The number of aromatic nitrogens is 2. The van der Waals surface area contributed by atoms with Crippen molar-refractivity contribution in [3.63, 3.8) is 0 Å². The summed E-state index contributed by atoms with van der Waals surface area (Å²) in [4.78, 5) is 0. The van der Waals surface area contributed by atoms with Gasteiger partial charge < -0.3 is 5.11 Å². The van der Waals surface area contributed by atoms with E-state index >= 15 is 0 Å². The highest BCUT2D eigenvalue weighted by molar-refractivity contribution is 6.31. The van der Waals surface area contributed by atoms with E-state index in [2.05, 4.69) is 5.10 Å². The molecular weight excluding hydrogens is 259 g/mol. The van der Waals surface area contributed by atoms with E-state index in [0.29, 0.717) is 22.3 Å². The number of halogens is 2. The Balaban J connectivity index is 2.34. The van der Waals surface area contributed by atoms with Gasteiger partial charge in [0.1, 0.15) is 5.15 Å². The van der Waals surface area contributed by atoms with E-state index < -0.39 is 0 Å². The Kier molecular flexibility index (Phi) is 3.72. The first-order valence-corrected chi connectivity index (χ1v) is 5.95. The van der Waals surface area contributed by atoms with Gasteiger partial charge in [0.25, 0.3) is 0 Å². The Labute approximate surface area is 110 Å². The average molecular weight is 271 g/mol. The number of rotatable bonds is 3. The first kappa shape index (κ1) is 12.4. The summed E-state index contributed by atoms with van der Waals surface area (Å²) >= 11 is 12.2. The molecule has 2 aromatic rings. The maximum Gasteiger partial charge on any atom is 0.133 e. The van der Waals surface area contributed by atoms with Gasteiger partial charge in [-0.3, -0.25) is 0 Å². The van der Waals surface area contributed by atoms with Crippen molar-refractivity contribution in [1.82, 2.24) is 9.78 Å². The van der Waals surface area contributed by atoms with E-state index in [1.165, 1.54) is 0 Å². The van der Waals surface area contributed by atoms with Gasteiger partial charge in [0.15, 0.2) is 0 Å². The van der Waals surface area contributed by atoms with Crippen LogP contribution < -0.4 is 0 Å². The molecule has 0 amide bonds. The molecule has 0 radical (unpaired) electrons. The van der Waals surface area contributed by atoms with Crippen molar-refractivity contribution in [2.45, 2.75) is 20.1 Å². The van der Waals surface area contributed by atoms with E-state index in [0.717, 1.165) is 11.3 Å². The third-order valence-electron chi connectivity index (χ3n) is 2.62. The second-order valence-electron chi connectivity index (χ2n) is 3.76. The molecule has 3 nitrogen and oxygen atoms in total. The molecule has 1 aromatic carbocycles. The van der Waals surface area contributed by atoms with Crippen LogP contribution in [0.4, 0.5) is 0 Å². The topological polar surface area (TPSA) is 38.0 Å². The second-order valence-corrected chi connectivity index (χ2v) is 4.53. The number of aliphatic hydroxyl groups is 1. The molecule has 0 atom stereocenters. The van der Waals surface area contributed by atoms with E-state index in [4.69, 9.17) is 28.3 Å². The Morgan fingerprint density at radius 2 is 2.00 bits per heavy atom. The highest BCUT2D eigenvalue weighted by Gasteiger charge is 2.13. The predicted octanol–water partition coefficient (Wildman–Crippen LogP) is 3.04. The molecule has 0 aliphatic rings. The van der Waals surface area contributed by atoms with Crippen LogP contribution in [-0.4, -0.2) is 14.9 Å². The summed E-state index contributed by atoms with van der Waals surface area (Å²) in [5, 5.41) is 14.6. The molecule has 0 saturated carbocycles. The Bertz CT molecular complexity index is 537. The molecule has 0 aliphatic carbocycles. The lowest BCUT2D eigenvalue weighted by Crippen LogP contribution is -2.02. The number of hydrogen-bond acceptors (Lipinski definition) is 2. The third kappa shape index (κ3) is 2.46. The maximum absolute atomic E-state index is 9.17. The van der Waals surface area contributed by atoms with Crippen molar-refractivity contribution < 1.29 is 5.11 Å². The van der Waals surface area contributed by atoms with E-state index in [9.17, 15) is 0 Å². The van der Waals surface area contributed by atoms with Gasteiger partial charge in [-0.2, -0.15) is 5.10 Å². The van der Waals surface area contributed by atoms with E-state index in [1.807, 2.05) is 31.2 Å². The number of hydrogen-bond donors (Lipinski definition) is 1. The molecule has 0 fully saturated rings. The van der Waals surface area contributed by atoms with Crippen LogP contribution in [0, 0.1) is 6.92 Å². The first-order valence-electron chi connectivity index (χ1n) is 5.19. The molecule has 1 heterocycles. The van der Waals surface area contributed by atoms with E-state index in [1.54, 1.807) is 4.68 Å². The smallest absolute Gasteiger partial charge is 0.133 e. The number of nitrogens with zero attached hydrogens (tertiary/aromatic N) is 2. The highest BCUT2D eigenvalue weighted by atomic mass is 35.5. The summed E-state index contributed by atoms with van der Waals surface area (Å²) in [7, 11) is 0. The Morgan fingerprint density at radius 3 is 2.59 bits per heavy atom. The van der Waals surface area contributed by atoms with Crippen LogP contribution in [-0.2, 0) is 13.2 Å². The van der Waals surface area contributed by atoms with Crippen LogP contribution >= 0.6 is 23.2 Å². The standard InChI is InChI=1S/C12H12Cl2N2O/c1-8-10(7-17)12(14)16(15-8)6-9-4-2-3-5-11(9)13/h2-5,17H,6-7H2,1H3. The minimum Gasteiger partial charge on any atom is -0.391 e. The molecule has 0 saturated heterocycles.